The Kier molecular flexibility index (Phi) is 5.67. The average Bonchev–Trinajstić information content (AvgIpc) is 2.48. The molecule has 0 unspecified atom stereocenters. The van der Waals surface area contributed by atoms with Gasteiger partial charge in [0.15, 0.2) is 0 Å². The van der Waals surface area contributed by atoms with Crippen LogP contribution < -0.4 is 5.32 Å². The van der Waals surface area contributed by atoms with E-state index in [1.165, 1.54) is 5.56 Å². The van der Waals surface area contributed by atoms with Crippen molar-refractivity contribution < 1.29 is 0 Å². The molecule has 0 fully saturated rings. The fourth-order valence-electron chi connectivity index (χ4n) is 2.20. The average molecular weight is 284 g/mol. The van der Waals surface area contributed by atoms with Crippen LogP contribution in [0.4, 0.5) is 5.82 Å². The Balaban J connectivity index is 2.20. The van der Waals surface area contributed by atoms with Crippen LogP contribution in [0.5, 0.6) is 0 Å². The first-order valence-electron chi connectivity index (χ1n) is 7.79. The van der Waals surface area contributed by atoms with Crippen molar-refractivity contribution in [2.45, 2.75) is 46.5 Å². The van der Waals surface area contributed by atoms with E-state index in [4.69, 9.17) is 0 Å². The SMILES string of the molecule is CCCc1nc(Cc2ccc(CC)cn2)cc(NCC)n1. The molecule has 0 aliphatic carbocycles. The van der Waals surface area contributed by atoms with Crippen LogP contribution in [-0.2, 0) is 19.3 Å². The van der Waals surface area contributed by atoms with Crippen molar-refractivity contribution in [2.24, 2.45) is 0 Å². The molecule has 2 aromatic rings. The summed E-state index contributed by atoms with van der Waals surface area (Å²) < 4.78 is 0. The highest BCUT2D eigenvalue weighted by Gasteiger charge is 2.06. The summed E-state index contributed by atoms with van der Waals surface area (Å²) in [5.41, 5.74) is 3.35. The maximum absolute atomic E-state index is 4.65. The maximum atomic E-state index is 4.65. The van der Waals surface area contributed by atoms with Gasteiger partial charge in [-0.3, -0.25) is 4.98 Å². The van der Waals surface area contributed by atoms with Crippen LogP contribution in [0.25, 0.3) is 0 Å². The van der Waals surface area contributed by atoms with Gasteiger partial charge in [0.05, 0.1) is 5.69 Å². The van der Waals surface area contributed by atoms with Gasteiger partial charge in [-0.2, -0.15) is 0 Å². The van der Waals surface area contributed by atoms with Crippen molar-refractivity contribution in [1.29, 1.82) is 0 Å². The molecule has 21 heavy (non-hydrogen) atoms. The van der Waals surface area contributed by atoms with E-state index in [9.17, 15) is 0 Å². The van der Waals surface area contributed by atoms with E-state index in [-0.39, 0.29) is 0 Å². The summed E-state index contributed by atoms with van der Waals surface area (Å²) in [5, 5.41) is 3.28. The third kappa shape index (κ3) is 4.52. The molecule has 2 heterocycles. The van der Waals surface area contributed by atoms with E-state index >= 15 is 0 Å². The lowest BCUT2D eigenvalue weighted by atomic mass is 10.1. The number of aromatic nitrogens is 3. The summed E-state index contributed by atoms with van der Waals surface area (Å²) in [7, 11) is 0. The first-order chi connectivity index (χ1) is 10.2. The van der Waals surface area contributed by atoms with Crippen molar-refractivity contribution >= 4 is 5.82 Å². The standard InChI is InChI=1S/C17H24N4/c1-4-7-16-20-15(11-17(21-16)18-6-3)10-14-9-8-13(5-2)12-19-14/h8-9,11-12H,4-7,10H2,1-3H3,(H,18,20,21). The van der Waals surface area contributed by atoms with Gasteiger partial charge in [0.2, 0.25) is 0 Å². The van der Waals surface area contributed by atoms with E-state index in [0.717, 1.165) is 55.3 Å². The number of nitrogens with zero attached hydrogens (tertiary/aromatic N) is 3. The summed E-state index contributed by atoms with van der Waals surface area (Å²) in [5.74, 6) is 1.83. The number of hydrogen-bond donors (Lipinski definition) is 1. The van der Waals surface area contributed by atoms with E-state index in [1.807, 2.05) is 12.3 Å². The van der Waals surface area contributed by atoms with Gasteiger partial charge in [-0.05, 0) is 31.4 Å². The fraction of sp³-hybridized carbons (Fsp3) is 0.471. The van der Waals surface area contributed by atoms with Crippen LogP contribution in [-0.4, -0.2) is 21.5 Å². The fourth-order valence-corrected chi connectivity index (χ4v) is 2.20. The van der Waals surface area contributed by atoms with E-state index < -0.39 is 0 Å². The number of hydrogen-bond acceptors (Lipinski definition) is 4. The van der Waals surface area contributed by atoms with Crippen LogP contribution in [0.1, 0.15) is 50.0 Å². The Morgan fingerprint density at radius 3 is 2.52 bits per heavy atom. The smallest absolute Gasteiger partial charge is 0.131 e. The van der Waals surface area contributed by atoms with Gasteiger partial charge >= 0.3 is 0 Å². The number of aryl methyl sites for hydroxylation is 2. The zero-order valence-corrected chi connectivity index (χ0v) is 13.2. The lowest BCUT2D eigenvalue weighted by Gasteiger charge is -2.08. The van der Waals surface area contributed by atoms with Gasteiger partial charge < -0.3 is 5.32 Å². The minimum Gasteiger partial charge on any atom is -0.370 e. The number of rotatable bonds is 7. The zero-order valence-electron chi connectivity index (χ0n) is 13.2. The second-order valence-corrected chi connectivity index (χ2v) is 5.13. The van der Waals surface area contributed by atoms with Gasteiger partial charge in [-0.15, -0.1) is 0 Å². The van der Waals surface area contributed by atoms with Gasteiger partial charge in [0.25, 0.3) is 0 Å². The summed E-state index contributed by atoms with van der Waals surface area (Å²) in [4.78, 5) is 13.7. The van der Waals surface area contributed by atoms with Crippen LogP contribution in [0.15, 0.2) is 24.4 Å². The lowest BCUT2D eigenvalue weighted by molar-refractivity contribution is 0.815. The number of anilines is 1. The third-order valence-electron chi connectivity index (χ3n) is 3.31. The van der Waals surface area contributed by atoms with Crippen molar-refractivity contribution in [3.63, 3.8) is 0 Å². The summed E-state index contributed by atoms with van der Waals surface area (Å²) in [6.45, 7) is 7.23. The highest BCUT2D eigenvalue weighted by molar-refractivity contribution is 5.37. The molecule has 0 saturated heterocycles. The van der Waals surface area contributed by atoms with Gasteiger partial charge in [-0.1, -0.05) is 19.9 Å². The molecule has 0 spiro atoms. The van der Waals surface area contributed by atoms with Gasteiger partial charge in [-0.25, -0.2) is 9.97 Å². The molecule has 0 atom stereocenters. The molecule has 0 aromatic carbocycles. The normalized spacial score (nSPS) is 10.6. The summed E-state index contributed by atoms with van der Waals surface area (Å²) in [6, 6.07) is 6.26. The second-order valence-electron chi connectivity index (χ2n) is 5.13. The molecule has 4 nitrogen and oxygen atoms in total. The van der Waals surface area contributed by atoms with Gasteiger partial charge in [0, 0.05) is 37.3 Å². The molecule has 2 rings (SSSR count). The van der Waals surface area contributed by atoms with Crippen molar-refractivity contribution in [2.75, 3.05) is 11.9 Å². The first-order valence-corrected chi connectivity index (χ1v) is 7.79. The van der Waals surface area contributed by atoms with Crippen molar-refractivity contribution in [3.05, 3.63) is 47.2 Å². The largest absolute Gasteiger partial charge is 0.370 e. The Morgan fingerprint density at radius 1 is 1.05 bits per heavy atom. The van der Waals surface area contributed by atoms with E-state index in [0.29, 0.717) is 0 Å². The van der Waals surface area contributed by atoms with Crippen molar-refractivity contribution in [3.8, 4) is 0 Å². The minimum absolute atomic E-state index is 0.752. The second kappa shape index (κ2) is 7.72. The van der Waals surface area contributed by atoms with Crippen LogP contribution in [0.2, 0.25) is 0 Å². The number of pyridine rings is 1. The zero-order chi connectivity index (χ0) is 15.1. The highest BCUT2D eigenvalue weighted by atomic mass is 15.0. The lowest BCUT2D eigenvalue weighted by Crippen LogP contribution is -2.07. The molecule has 0 aliphatic heterocycles. The molecule has 0 aliphatic rings. The Bertz CT molecular complexity index is 539. The highest BCUT2D eigenvalue weighted by Crippen LogP contribution is 2.12. The monoisotopic (exact) mass is 284 g/mol. The summed E-state index contributed by atoms with van der Waals surface area (Å²) in [6.07, 6.45) is 5.69. The quantitative estimate of drug-likeness (QED) is 0.846. The Hall–Kier alpha value is -1.97. The van der Waals surface area contributed by atoms with Crippen LogP contribution >= 0.6 is 0 Å². The van der Waals surface area contributed by atoms with Crippen LogP contribution in [0, 0.1) is 0 Å². The molecule has 1 N–H and O–H groups in total. The molecular weight excluding hydrogens is 260 g/mol. The summed E-state index contributed by atoms with van der Waals surface area (Å²) >= 11 is 0. The molecule has 0 radical (unpaired) electrons. The van der Waals surface area contributed by atoms with Crippen LogP contribution in [0.3, 0.4) is 0 Å². The first kappa shape index (κ1) is 15.4. The molecule has 2 aromatic heterocycles. The molecule has 112 valence electrons. The molecule has 0 amide bonds. The van der Waals surface area contributed by atoms with Crippen molar-refractivity contribution in [1.82, 2.24) is 15.0 Å². The van der Waals surface area contributed by atoms with Gasteiger partial charge in [0.1, 0.15) is 11.6 Å². The maximum Gasteiger partial charge on any atom is 0.131 e. The van der Waals surface area contributed by atoms with E-state index in [2.05, 4.69) is 53.2 Å². The molecule has 0 bridgehead atoms. The Morgan fingerprint density at radius 2 is 1.90 bits per heavy atom. The molecule has 4 heteroatoms. The predicted molar refractivity (Wildman–Crippen MR) is 86.6 cm³/mol. The molecular formula is C17H24N4. The predicted octanol–water partition coefficient (Wildman–Crippen LogP) is 3.41. The topological polar surface area (TPSA) is 50.7 Å². The Labute approximate surface area is 127 Å². The third-order valence-corrected chi connectivity index (χ3v) is 3.31. The molecule has 0 saturated carbocycles. The number of nitrogens with one attached hydrogen (secondary N) is 1. The minimum atomic E-state index is 0.752. The van der Waals surface area contributed by atoms with E-state index in [1.54, 1.807) is 0 Å².